The molecule has 3 N–H and O–H groups in total. The van der Waals surface area contributed by atoms with Crippen LogP contribution in [0.1, 0.15) is 10.5 Å². The van der Waals surface area contributed by atoms with E-state index >= 15 is 0 Å². The van der Waals surface area contributed by atoms with Crippen LogP contribution in [0.4, 0.5) is 0 Å². The number of hydrogen-bond acceptors (Lipinski definition) is 3. The summed E-state index contributed by atoms with van der Waals surface area (Å²) in [5.41, 5.74) is 4.74. The molecule has 0 aliphatic heterocycles. The Labute approximate surface area is 49.5 Å². The molecule has 1 aromatic rings. The number of primary amides is 1. The Balaban J connectivity index is 3.12. The van der Waals surface area contributed by atoms with Crippen LogP contribution in [0.5, 0.6) is 0 Å². The van der Waals surface area contributed by atoms with Gasteiger partial charge in [0.05, 0.1) is 0 Å². The number of carbonyl (C=O) groups is 1. The van der Waals surface area contributed by atoms with Gasteiger partial charge in [-0.1, -0.05) is 0 Å². The second kappa shape index (κ2) is 1.77. The summed E-state index contributed by atoms with van der Waals surface area (Å²) < 4.78 is 4.21. The minimum absolute atomic E-state index is 0.0139. The van der Waals surface area contributed by atoms with Crippen molar-refractivity contribution in [1.29, 1.82) is 0 Å². The molecule has 48 valence electrons. The van der Waals surface area contributed by atoms with Crippen LogP contribution >= 0.6 is 0 Å². The molecule has 0 aliphatic carbocycles. The molecule has 1 rings (SSSR count). The minimum Gasteiger partial charge on any atom is -0.416 e. The first-order valence-corrected chi connectivity index (χ1v) is 2.18. The van der Waals surface area contributed by atoms with Crippen LogP contribution in [0.15, 0.2) is 15.5 Å². The van der Waals surface area contributed by atoms with Gasteiger partial charge in [-0.3, -0.25) is 9.78 Å². The Bertz CT molecular complexity index is 271. The van der Waals surface area contributed by atoms with Crippen LogP contribution in [0, 0.1) is 0 Å². The summed E-state index contributed by atoms with van der Waals surface area (Å²) in [6, 6.07) is 0. The molecular formula is C4H4N2O3. The van der Waals surface area contributed by atoms with Gasteiger partial charge in [0.25, 0.3) is 5.91 Å². The summed E-state index contributed by atoms with van der Waals surface area (Å²) >= 11 is 0. The summed E-state index contributed by atoms with van der Waals surface area (Å²) in [6.45, 7) is 0. The fourth-order valence-electron chi connectivity index (χ4n) is 0.401. The maximum Gasteiger partial charge on any atom is 0.416 e. The van der Waals surface area contributed by atoms with E-state index in [1.54, 1.807) is 0 Å². The molecule has 1 amide bonds. The third kappa shape index (κ3) is 0.987. The van der Waals surface area contributed by atoms with Crippen molar-refractivity contribution in [3.63, 3.8) is 0 Å². The third-order valence-electron chi connectivity index (χ3n) is 0.786. The van der Waals surface area contributed by atoms with Crippen LogP contribution < -0.4 is 11.5 Å². The van der Waals surface area contributed by atoms with E-state index in [0.29, 0.717) is 0 Å². The summed E-state index contributed by atoms with van der Waals surface area (Å²) in [7, 11) is 0. The molecule has 1 heterocycles. The molecule has 0 aromatic carbocycles. The van der Waals surface area contributed by atoms with Gasteiger partial charge in [0, 0.05) is 0 Å². The number of aromatic amines is 1. The standard InChI is InChI=1S/C4H4N2O3/c5-3(7)2-1-9-4(8)6-2/h1H,(H2,5,7)(H,6,8). The van der Waals surface area contributed by atoms with Gasteiger partial charge in [-0.2, -0.15) is 0 Å². The average Bonchev–Trinajstić information content (AvgIpc) is 2.14. The Morgan fingerprint density at radius 2 is 2.44 bits per heavy atom. The highest BCUT2D eigenvalue weighted by atomic mass is 16.4. The number of hydrogen-bond donors (Lipinski definition) is 2. The average molecular weight is 128 g/mol. The summed E-state index contributed by atoms with van der Waals surface area (Å²) in [5, 5.41) is 0. The van der Waals surface area contributed by atoms with Crippen molar-refractivity contribution in [2.75, 3.05) is 0 Å². The van der Waals surface area contributed by atoms with Gasteiger partial charge < -0.3 is 10.2 Å². The second-order valence-corrected chi connectivity index (χ2v) is 1.43. The number of amides is 1. The molecule has 0 aliphatic rings. The smallest absolute Gasteiger partial charge is 0.416 e. The van der Waals surface area contributed by atoms with E-state index in [9.17, 15) is 9.59 Å². The van der Waals surface area contributed by atoms with Gasteiger partial charge in [-0.15, -0.1) is 0 Å². The number of oxazole rings is 1. The maximum absolute atomic E-state index is 10.2. The maximum atomic E-state index is 10.2. The molecule has 0 radical (unpaired) electrons. The van der Waals surface area contributed by atoms with Crippen molar-refractivity contribution < 1.29 is 9.21 Å². The first-order chi connectivity index (χ1) is 4.20. The van der Waals surface area contributed by atoms with Crippen molar-refractivity contribution in [1.82, 2.24) is 4.98 Å². The Kier molecular flexibility index (Phi) is 1.11. The minimum atomic E-state index is -0.708. The summed E-state index contributed by atoms with van der Waals surface area (Å²) in [4.78, 5) is 22.4. The van der Waals surface area contributed by atoms with Crippen molar-refractivity contribution >= 4 is 5.91 Å². The van der Waals surface area contributed by atoms with E-state index in [1.807, 2.05) is 0 Å². The third-order valence-corrected chi connectivity index (χ3v) is 0.786. The molecule has 5 nitrogen and oxygen atoms in total. The first kappa shape index (κ1) is 5.61. The van der Waals surface area contributed by atoms with E-state index in [2.05, 4.69) is 9.40 Å². The van der Waals surface area contributed by atoms with Gasteiger partial charge in [-0.25, -0.2) is 4.79 Å². The predicted molar refractivity (Wildman–Crippen MR) is 27.8 cm³/mol. The zero-order valence-corrected chi connectivity index (χ0v) is 4.38. The Morgan fingerprint density at radius 1 is 1.78 bits per heavy atom. The number of rotatable bonds is 1. The Morgan fingerprint density at radius 3 is 2.67 bits per heavy atom. The van der Waals surface area contributed by atoms with Gasteiger partial charge >= 0.3 is 5.76 Å². The lowest BCUT2D eigenvalue weighted by molar-refractivity contribution is 0.0995. The van der Waals surface area contributed by atoms with Crippen LogP contribution in [-0.2, 0) is 0 Å². The molecular weight excluding hydrogens is 124 g/mol. The predicted octanol–water partition coefficient (Wildman–Crippen LogP) is -0.933. The second-order valence-electron chi connectivity index (χ2n) is 1.43. The molecule has 9 heavy (non-hydrogen) atoms. The largest absolute Gasteiger partial charge is 0.416 e. The van der Waals surface area contributed by atoms with Gasteiger partial charge in [0.1, 0.15) is 12.0 Å². The lowest BCUT2D eigenvalue weighted by Gasteiger charge is -1.78. The zero-order valence-electron chi connectivity index (χ0n) is 4.38. The zero-order chi connectivity index (χ0) is 6.85. The number of aromatic nitrogens is 1. The quantitative estimate of drug-likeness (QED) is 0.511. The number of nitrogens with two attached hydrogens (primary N) is 1. The molecule has 0 unspecified atom stereocenters. The topological polar surface area (TPSA) is 89.1 Å². The summed E-state index contributed by atoms with van der Waals surface area (Å²) in [6.07, 6.45) is 0.977. The Hall–Kier alpha value is -1.52. The van der Waals surface area contributed by atoms with E-state index < -0.39 is 11.7 Å². The fraction of sp³-hybridized carbons (Fsp3) is 0. The van der Waals surface area contributed by atoms with Crippen LogP contribution in [-0.4, -0.2) is 10.9 Å². The number of carbonyl (C=O) groups excluding carboxylic acids is 1. The molecule has 5 heteroatoms. The highest BCUT2D eigenvalue weighted by Crippen LogP contribution is 1.84. The van der Waals surface area contributed by atoms with Crippen molar-refractivity contribution in [2.45, 2.75) is 0 Å². The molecule has 0 atom stereocenters. The molecule has 1 aromatic heterocycles. The highest BCUT2D eigenvalue weighted by Gasteiger charge is 2.01. The normalized spacial score (nSPS) is 9.33. The van der Waals surface area contributed by atoms with Crippen LogP contribution in [0.2, 0.25) is 0 Å². The van der Waals surface area contributed by atoms with Crippen molar-refractivity contribution in [3.05, 3.63) is 22.5 Å². The molecule has 0 bridgehead atoms. The van der Waals surface area contributed by atoms with E-state index in [4.69, 9.17) is 5.73 Å². The lowest BCUT2D eigenvalue weighted by atomic mass is 10.5. The van der Waals surface area contributed by atoms with E-state index in [1.165, 1.54) is 0 Å². The molecule has 0 spiro atoms. The number of nitrogens with one attached hydrogen (secondary N) is 1. The highest BCUT2D eigenvalue weighted by molar-refractivity contribution is 5.90. The van der Waals surface area contributed by atoms with E-state index in [-0.39, 0.29) is 5.69 Å². The molecule has 0 saturated carbocycles. The van der Waals surface area contributed by atoms with Crippen LogP contribution in [0.3, 0.4) is 0 Å². The number of H-pyrrole nitrogens is 1. The molecule has 0 fully saturated rings. The van der Waals surface area contributed by atoms with E-state index in [0.717, 1.165) is 6.26 Å². The van der Waals surface area contributed by atoms with Crippen molar-refractivity contribution in [2.24, 2.45) is 5.73 Å². The lowest BCUT2D eigenvalue weighted by Crippen LogP contribution is -2.12. The molecule has 0 saturated heterocycles. The van der Waals surface area contributed by atoms with Gasteiger partial charge in [0.2, 0.25) is 0 Å². The monoisotopic (exact) mass is 128 g/mol. The van der Waals surface area contributed by atoms with Crippen LogP contribution in [0.25, 0.3) is 0 Å². The first-order valence-electron chi connectivity index (χ1n) is 2.18. The van der Waals surface area contributed by atoms with Gasteiger partial charge in [-0.05, 0) is 0 Å². The summed E-state index contributed by atoms with van der Waals surface area (Å²) in [5.74, 6) is -1.38. The fourth-order valence-corrected chi connectivity index (χ4v) is 0.401. The van der Waals surface area contributed by atoms with Crippen molar-refractivity contribution in [3.8, 4) is 0 Å². The SMILES string of the molecule is NC(=O)c1coc(=O)[nH]1. The van der Waals surface area contributed by atoms with Gasteiger partial charge in [0.15, 0.2) is 0 Å².